The highest BCUT2D eigenvalue weighted by molar-refractivity contribution is 5.79. The van der Waals surface area contributed by atoms with Crippen LogP contribution in [0.25, 0.3) is 0 Å². The second-order valence-corrected chi connectivity index (χ2v) is 8.53. The van der Waals surface area contributed by atoms with Gasteiger partial charge < -0.3 is 26.0 Å². The number of carbonyl (C=O) groups excluding carboxylic acids is 1. The van der Waals surface area contributed by atoms with E-state index in [2.05, 4.69) is 31.2 Å². The number of fused-ring (bicyclic) bond motifs is 1. The van der Waals surface area contributed by atoms with E-state index in [1.54, 1.807) is 7.11 Å². The van der Waals surface area contributed by atoms with E-state index in [9.17, 15) is 18.0 Å². The molecule has 2 heterocycles. The second kappa shape index (κ2) is 10.5. The number of halogens is 3. The van der Waals surface area contributed by atoms with E-state index in [-0.39, 0.29) is 30.1 Å². The molecule has 1 saturated carbocycles. The molecular weight excluding hydrogens is 449 g/mol. The van der Waals surface area contributed by atoms with Crippen LogP contribution < -0.4 is 26.0 Å². The van der Waals surface area contributed by atoms with Crippen molar-refractivity contribution in [1.82, 2.24) is 20.6 Å². The Labute approximate surface area is 196 Å². The largest absolute Gasteiger partial charge is 0.495 e. The van der Waals surface area contributed by atoms with Gasteiger partial charge in [0.2, 0.25) is 11.9 Å². The molecule has 0 bridgehead atoms. The Morgan fingerprint density at radius 3 is 2.76 bits per heavy atom. The average Bonchev–Trinajstić information content (AvgIpc) is 2.76. The monoisotopic (exact) mass is 478 g/mol. The molecule has 0 spiro atoms. The lowest BCUT2D eigenvalue weighted by Gasteiger charge is -2.24. The normalized spacial score (nSPS) is 15.8. The molecule has 1 aromatic carbocycles. The second-order valence-electron chi connectivity index (χ2n) is 8.53. The molecule has 1 aliphatic heterocycles. The van der Waals surface area contributed by atoms with E-state index < -0.39 is 11.7 Å². The number of ether oxygens (including phenoxy) is 1. The first kappa shape index (κ1) is 24.1. The fraction of sp³-hybridized carbons (Fsp3) is 0.522. The summed E-state index contributed by atoms with van der Waals surface area (Å²) in [5.41, 5.74) is 1.89. The van der Waals surface area contributed by atoms with E-state index in [1.165, 1.54) is 5.56 Å². The number of rotatable bonds is 9. The average molecular weight is 479 g/mol. The predicted molar refractivity (Wildman–Crippen MR) is 122 cm³/mol. The van der Waals surface area contributed by atoms with Gasteiger partial charge in [-0.15, -0.1) is 0 Å². The first-order valence-corrected chi connectivity index (χ1v) is 11.5. The quantitative estimate of drug-likeness (QED) is 0.409. The molecule has 4 N–H and O–H groups in total. The molecule has 2 aromatic rings. The number of nitrogens with one attached hydrogen (secondary N) is 4. The highest BCUT2D eigenvalue weighted by atomic mass is 19.4. The molecule has 0 atom stereocenters. The van der Waals surface area contributed by atoms with Crippen molar-refractivity contribution >= 4 is 23.4 Å². The Balaban J connectivity index is 1.44. The summed E-state index contributed by atoms with van der Waals surface area (Å²) in [5.74, 6) is 0.382. The van der Waals surface area contributed by atoms with Gasteiger partial charge in [0, 0.05) is 31.7 Å². The number of methoxy groups -OCH3 is 1. The number of hydrogen-bond acceptors (Lipinski definition) is 7. The van der Waals surface area contributed by atoms with Crippen molar-refractivity contribution in [2.45, 2.75) is 44.8 Å². The Hall–Kier alpha value is -3.08. The third-order valence-corrected chi connectivity index (χ3v) is 6.17. The molecule has 8 nitrogen and oxygen atoms in total. The number of carbonyl (C=O) groups is 1. The zero-order chi connectivity index (χ0) is 24.1. The lowest BCUT2D eigenvalue weighted by molar-refractivity contribution is -0.137. The summed E-state index contributed by atoms with van der Waals surface area (Å²) in [6, 6.07) is 3.83. The fourth-order valence-corrected chi connectivity index (χ4v) is 4.00. The summed E-state index contributed by atoms with van der Waals surface area (Å²) in [6.45, 7) is 2.19. The number of aromatic nitrogens is 2. The van der Waals surface area contributed by atoms with E-state index in [0.29, 0.717) is 30.9 Å². The number of anilines is 3. The minimum Gasteiger partial charge on any atom is -0.495 e. The van der Waals surface area contributed by atoms with Crippen LogP contribution in [0.1, 0.15) is 42.4 Å². The van der Waals surface area contributed by atoms with Gasteiger partial charge in [-0.05, 0) is 55.5 Å². The predicted octanol–water partition coefficient (Wildman–Crippen LogP) is 3.61. The number of alkyl halides is 3. The summed E-state index contributed by atoms with van der Waals surface area (Å²) in [7, 11) is 1.54. The molecule has 11 heteroatoms. The topological polar surface area (TPSA) is 100 Å². The molecule has 2 aliphatic rings. The molecule has 0 saturated heterocycles. The number of nitrogens with zero attached hydrogens (tertiary/aromatic N) is 2. The van der Waals surface area contributed by atoms with Crippen molar-refractivity contribution < 1.29 is 22.7 Å². The van der Waals surface area contributed by atoms with Crippen LogP contribution in [0.15, 0.2) is 18.3 Å². The van der Waals surface area contributed by atoms with Gasteiger partial charge in [-0.2, -0.15) is 18.2 Å². The van der Waals surface area contributed by atoms with Crippen LogP contribution in [-0.2, 0) is 23.9 Å². The Morgan fingerprint density at radius 1 is 1.24 bits per heavy atom. The summed E-state index contributed by atoms with van der Waals surface area (Å²) in [4.78, 5) is 19.9. The number of amides is 1. The van der Waals surface area contributed by atoms with Gasteiger partial charge in [-0.1, -0.05) is 6.42 Å². The van der Waals surface area contributed by atoms with Crippen molar-refractivity contribution in [3.05, 3.63) is 35.0 Å². The third kappa shape index (κ3) is 5.69. The molecule has 0 unspecified atom stereocenters. The van der Waals surface area contributed by atoms with Crippen molar-refractivity contribution in [3.8, 4) is 5.75 Å². The maximum atomic E-state index is 13.5. The van der Waals surface area contributed by atoms with Crippen LogP contribution in [-0.4, -0.2) is 42.6 Å². The van der Waals surface area contributed by atoms with E-state index in [0.717, 1.165) is 44.0 Å². The molecule has 4 rings (SSSR count). The Kier molecular flexibility index (Phi) is 7.40. The van der Waals surface area contributed by atoms with Crippen LogP contribution in [0.4, 0.5) is 30.6 Å². The van der Waals surface area contributed by atoms with Gasteiger partial charge in [-0.25, -0.2) is 4.98 Å². The summed E-state index contributed by atoms with van der Waals surface area (Å²) in [5, 5.41) is 11.9. The molecule has 1 aliphatic carbocycles. The standard InChI is InChI=1S/C23H29F3N6O2/c1-34-19-11-15-6-9-27-12-16(15)10-18(19)31-22-30-13-17(23(24,25)26)20(32-22)28-7-3-8-29-21(33)14-4-2-5-14/h10-11,13-14,27H,2-9,12H2,1H3,(H,29,33)(H2,28,30,31,32). The van der Waals surface area contributed by atoms with Crippen molar-refractivity contribution in [2.75, 3.05) is 37.4 Å². The smallest absolute Gasteiger partial charge is 0.421 e. The summed E-state index contributed by atoms with van der Waals surface area (Å²) >= 11 is 0. The minimum atomic E-state index is -4.60. The van der Waals surface area contributed by atoms with Gasteiger partial charge in [0.15, 0.2) is 0 Å². The molecule has 1 fully saturated rings. The van der Waals surface area contributed by atoms with Crippen LogP contribution in [0.5, 0.6) is 5.75 Å². The van der Waals surface area contributed by atoms with Crippen LogP contribution in [0.3, 0.4) is 0 Å². The zero-order valence-corrected chi connectivity index (χ0v) is 19.0. The SMILES string of the molecule is COc1cc2c(cc1Nc1ncc(C(F)(F)F)c(NCCCNC(=O)C3CCC3)n1)CNCC2. The van der Waals surface area contributed by atoms with E-state index in [1.807, 2.05) is 12.1 Å². The molecular formula is C23H29F3N6O2. The lowest BCUT2D eigenvalue weighted by atomic mass is 9.85. The van der Waals surface area contributed by atoms with Crippen LogP contribution in [0.2, 0.25) is 0 Å². The van der Waals surface area contributed by atoms with E-state index in [4.69, 9.17) is 4.74 Å². The lowest BCUT2D eigenvalue weighted by Crippen LogP contribution is -2.35. The van der Waals surface area contributed by atoms with Crippen molar-refractivity contribution in [1.29, 1.82) is 0 Å². The van der Waals surface area contributed by atoms with Gasteiger partial charge in [0.25, 0.3) is 0 Å². The van der Waals surface area contributed by atoms with Crippen LogP contribution >= 0.6 is 0 Å². The number of hydrogen-bond donors (Lipinski definition) is 4. The Morgan fingerprint density at radius 2 is 2.06 bits per heavy atom. The number of benzene rings is 1. The zero-order valence-electron chi connectivity index (χ0n) is 19.0. The fourth-order valence-electron chi connectivity index (χ4n) is 4.00. The maximum Gasteiger partial charge on any atom is 0.421 e. The van der Waals surface area contributed by atoms with Gasteiger partial charge in [0.1, 0.15) is 17.1 Å². The van der Waals surface area contributed by atoms with Gasteiger partial charge >= 0.3 is 6.18 Å². The molecule has 184 valence electrons. The first-order chi connectivity index (χ1) is 16.3. The summed E-state index contributed by atoms with van der Waals surface area (Å²) in [6.07, 6.45) is 0.379. The highest BCUT2D eigenvalue weighted by Crippen LogP contribution is 2.35. The Bertz CT molecular complexity index is 1030. The molecule has 0 radical (unpaired) electrons. The first-order valence-electron chi connectivity index (χ1n) is 11.5. The maximum absolute atomic E-state index is 13.5. The van der Waals surface area contributed by atoms with Gasteiger partial charge in [0.05, 0.1) is 12.8 Å². The van der Waals surface area contributed by atoms with Crippen molar-refractivity contribution in [2.24, 2.45) is 5.92 Å². The van der Waals surface area contributed by atoms with Gasteiger partial charge in [-0.3, -0.25) is 4.79 Å². The van der Waals surface area contributed by atoms with E-state index >= 15 is 0 Å². The highest BCUT2D eigenvalue weighted by Gasteiger charge is 2.35. The molecule has 1 amide bonds. The molecule has 34 heavy (non-hydrogen) atoms. The molecule has 1 aromatic heterocycles. The minimum absolute atomic E-state index is 0.0185. The van der Waals surface area contributed by atoms with Crippen LogP contribution in [0, 0.1) is 5.92 Å². The summed E-state index contributed by atoms with van der Waals surface area (Å²) < 4.78 is 46.0. The van der Waals surface area contributed by atoms with Crippen molar-refractivity contribution in [3.63, 3.8) is 0 Å². The third-order valence-electron chi connectivity index (χ3n) is 6.17.